The van der Waals surface area contributed by atoms with Gasteiger partial charge in [0.25, 0.3) is 0 Å². The second-order valence-electron chi connectivity index (χ2n) is 8.97. The Morgan fingerprint density at radius 2 is 1.59 bits per heavy atom. The number of methoxy groups -OCH3 is 1. The lowest BCUT2D eigenvalue weighted by Crippen LogP contribution is -2.60. The number of nitrogens with one attached hydrogen (secondary N) is 2. The van der Waals surface area contributed by atoms with Crippen LogP contribution in [0.25, 0.3) is 11.1 Å². The van der Waals surface area contributed by atoms with E-state index in [4.69, 9.17) is 9.47 Å². The van der Waals surface area contributed by atoms with Gasteiger partial charge in [-0.1, -0.05) is 61.4 Å². The number of carbonyl (C=O) groups excluding carboxylic acids is 2. The number of aliphatic carboxylic acids is 1. The molecule has 8 heteroatoms. The Hall–Kier alpha value is -3.39. The largest absolute Gasteiger partial charge is 0.480 e. The van der Waals surface area contributed by atoms with E-state index in [-0.39, 0.29) is 12.5 Å². The van der Waals surface area contributed by atoms with Gasteiger partial charge in [0.05, 0.1) is 6.10 Å². The van der Waals surface area contributed by atoms with Gasteiger partial charge in [-0.25, -0.2) is 9.59 Å². The van der Waals surface area contributed by atoms with Crippen LogP contribution in [0, 0.1) is 0 Å². The molecule has 2 amide bonds. The standard InChI is InChI=1S/C26H30N2O6/c1-16(33-2)22(23(29)28-26(24(30)31)13-7-8-14-26)27-25(32)34-15-21-19-11-5-3-9-17(19)18-10-4-6-12-20(18)21/h3-6,9-12,16,21-22H,7-8,13-15H2,1-2H3,(H,27,32)(H,28,29)(H,30,31)/t16-,22+/m1/s1. The summed E-state index contributed by atoms with van der Waals surface area (Å²) in [7, 11) is 1.42. The van der Waals surface area contributed by atoms with Gasteiger partial charge in [0.2, 0.25) is 5.91 Å². The fraction of sp³-hybridized carbons (Fsp3) is 0.423. The van der Waals surface area contributed by atoms with Gasteiger partial charge in [-0.2, -0.15) is 0 Å². The van der Waals surface area contributed by atoms with Gasteiger partial charge in [-0.05, 0) is 42.0 Å². The summed E-state index contributed by atoms with van der Waals surface area (Å²) in [4.78, 5) is 37.6. The predicted molar refractivity (Wildman–Crippen MR) is 125 cm³/mol. The number of alkyl carbamates (subject to hydrolysis) is 1. The molecule has 3 N–H and O–H groups in total. The quantitative estimate of drug-likeness (QED) is 0.549. The van der Waals surface area contributed by atoms with Crippen molar-refractivity contribution in [1.82, 2.24) is 10.6 Å². The van der Waals surface area contributed by atoms with Crippen molar-refractivity contribution in [2.75, 3.05) is 13.7 Å². The summed E-state index contributed by atoms with van der Waals surface area (Å²) in [6.45, 7) is 1.74. The van der Waals surface area contributed by atoms with Crippen molar-refractivity contribution in [3.8, 4) is 11.1 Å². The highest BCUT2D eigenvalue weighted by molar-refractivity contribution is 5.92. The molecule has 2 atom stereocenters. The van der Waals surface area contributed by atoms with E-state index >= 15 is 0 Å². The van der Waals surface area contributed by atoms with Crippen molar-refractivity contribution >= 4 is 18.0 Å². The molecule has 2 aliphatic carbocycles. The second kappa shape index (κ2) is 9.85. The highest BCUT2D eigenvalue weighted by Crippen LogP contribution is 2.44. The minimum Gasteiger partial charge on any atom is -0.480 e. The highest BCUT2D eigenvalue weighted by Gasteiger charge is 2.44. The van der Waals surface area contributed by atoms with E-state index in [0.717, 1.165) is 35.1 Å². The van der Waals surface area contributed by atoms with E-state index in [1.165, 1.54) is 7.11 Å². The normalized spacial score (nSPS) is 17.8. The number of carboxylic acids is 1. The van der Waals surface area contributed by atoms with Crippen molar-refractivity contribution in [1.29, 1.82) is 0 Å². The Morgan fingerprint density at radius 1 is 1.03 bits per heavy atom. The summed E-state index contributed by atoms with van der Waals surface area (Å²) < 4.78 is 10.8. The van der Waals surface area contributed by atoms with Gasteiger partial charge in [-0.3, -0.25) is 4.79 Å². The lowest BCUT2D eigenvalue weighted by Gasteiger charge is -2.30. The minimum atomic E-state index is -1.31. The van der Waals surface area contributed by atoms with Crippen molar-refractivity contribution in [2.45, 2.75) is 56.2 Å². The minimum absolute atomic E-state index is 0.106. The fourth-order valence-electron chi connectivity index (χ4n) is 4.98. The number of amides is 2. The number of hydrogen-bond donors (Lipinski definition) is 3. The molecular formula is C26H30N2O6. The van der Waals surface area contributed by atoms with E-state index < -0.39 is 35.7 Å². The number of fused-ring (bicyclic) bond motifs is 3. The molecule has 34 heavy (non-hydrogen) atoms. The van der Waals surface area contributed by atoms with E-state index in [0.29, 0.717) is 12.8 Å². The molecule has 0 bridgehead atoms. The van der Waals surface area contributed by atoms with Gasteiger partial charge >= 0.3 is 12.1 Å². The summed E-state index contributed by atoms with van der Waals surface area (Å²) in [5.41, 5.74) is 3.09. The number of ether oxygens (including phenoxy) is 2. The first-order valence-electron chi connectivity index (χ1n) is 11.6. The van der Waals surface area contributed by atoms with Crippen LogP contribution in [-0.4, -0.2) is 54.5 Å². The maximum atomic E-state index is 13.0. The number of rotatable bonds is 8. The molecule has 8 nitrogen and oxygen atoms in total. The molecule has 2 aromatic rings. The van der Waals surface area contributed by atoms with E-state index in [1.807, 2.05) is 36.4 Å². The van der Waals surface area contributed by atoms with Crippen LogP contribution in [0.5, 0.6) is 0 Å². The first-order valence-corrected chi connectivity index (χ1v) is 11.6. The molecule has 1 saturated carbocycles. The highest BCUT2D eigenvalue weighted by atomic mass is 16.5. The molecule has 0 aliphatic heterocycles. The zero-order chi connectivity index (χ0) is 24.3. The predicted octanol–water partition coefficient (Wildman–Crippen LogP) is 3.44. The smallest absolute Gasteiger partial charge is 0.407 e. The van der Waals surface area contributed by atoms with Crippen molar-refractivity contribution in [3.63, 3.8) is 0 Å². The van der Waals surface area contributed by atoms with Crippen LogP contribution in [0.3, 0.4) is 0 Å². The van der Waals surface area contributed by atoms with E-state index in [9.17, 15) is 19.5 Å². The van der Waals surface area contributed by atoms with Gasteiger partial charge < -0.3 is 25.2 Å². The fourth-order valence-corrected chi connectivity index (χ4v) is 4.98. The monoisotopic (exact) mass is 466 g/mol. The molecule has 180 valence electrons. The summed E-state index contributed by atoms with van der Waals surface area (Å²) in [6.07, 6.45) is 0.697. The molecular weight excluding hydrogens is 436 g/mol. The molecule has 2 aromatic carbocycles. The van der Waals surface area contributed by atoms with Crippen LogP contribution in [0.4, 0.5) is 4.79 Å². The lowest BCUT2D eigenvalue weighted by molar-refractivity contribution is -0.148. The van der Waals surface area contributed by atoms with Crippen LogP contribution in [-0.2, 0) is 19.1 Å². The molecule has 0 unspecified atom stereocenters. The Bertz CT molecular complexity index is 1030. The Morgan fingerprint density at radius 3 is 2.12 bits per heavy atom. The zero-order valence-electron chi connectivity index (χ0n) is 19.4. The van der Waals surface area contributed by atoms with Crippen molar-refractivity contribution in [2.24, 2.45) is 0 Å². The van der Waals surface area contributed by atoms with Crippen LogP contribution >= 0.6 is 0 Å². The number of carboxylic acid groups (broad SMARTS) is 1. The van der Waals surface area contributed by atoms with Gasteiger partial charge in [-0.15, -0.1) is 0 Å². The van der Waals surface area contributed by atoms with E-state index in [2.05, 4.69) is 22.8 Å². The molecule has 0 aromatic heterocycles. The molecule has 4 rings (SSSR count). The van der Waals surface area contributed by atoms with Crippen molar-refractivity contribution < 1.29 is 29.0 Å². The lowest BCUT2D eigenvalue weighted by atomic mass is 9.96. The third-order valence-electron chi connectivity index (χ3n) is 6.97. The first-order chi connectivity index (χ1) is 16.4. The summed E-state index contributed by atoms with van der Waals surface area (Å²) in [5, 5.41) is 14.9. The molecule has 0 heterocycles. The van der Waals surface area contributed by atoms with Crippen LogP contribution in [0.15, 0.2) is 48.5 Å². The molecule has 2 aliphatic rings. The third-order valence-corrected chi connectivity index (χ3v) is 6.97. The Balaban J connectivity index is 1.44. The molecule has 0 spiro atoms. The average molecular weight is 467 g/mol. The van der Waals surface area contributed by atoms with Gasteiger partial charge in [0.15, 0.2) is 0 Å². The van der Waals surface area contributed by atoms with Gasteiger partial charge in [0, 0.05) is 13.0 Å². The summed E-state index contributed by atoms with van der Waals surface area (Å²) in [6, 6.07) is 14.9. The number of carbonyl (C=O) groups is 3. The molecule has 0 radical (unpaired) electrons. The Kier molecular flexibility index (Phi) is 6.88. The van der Waals surface area contributed by atoms with Crippen molar-refractivity contribution in [3.05, 3.63) is 59.7 Å². The van der Waals surface area contributed by atoms with Crippen LogP contribution in [0.1, 0.15) is 49.7 Å². The maximum Gasteiger partial charge on any atom is 0.407 e. The zero-order valence-corrected chi connectivity index (χ0v) is 19.4. The second-order valence-corrected chi connectivity index (χ2v) is 8.97. The average Bonchev–Trinajstić information content (AvgIpc) is 3.44. The third kappa shape index (κ3) is 4.50. The first kappa shape index (κ1) is 23.8. The topological polar surface area (TPSA) is 114 Å². The number of benzene rings is 2. The molecule has 0 saturated heterocycles. The van der Waals surface area contributed by atoms with E-state index in [1.54, 1.807) is 6.92 Å². The number of hydrogen-bond acceptors (Lipinski definition) is 5. The Labute approximate surface area is 198 Å². The SMILES string of the molecule is CO[C@H](C)[C@H](NC(=O)OCC1c2ccccc2-c2ccccc21)C(=O)NC1(C(=O)O)CCCC1. The summed E-state index contributed by atoms with van der Waals surface area (Å²) in [5.74, 6) is -1.78. The van der Waals surface area contributed by atoms with Crippen LogP contribution in [0.2, 0.25) is 0 Å². The maximum absolute atomic E-state index is 13.0. The van der Waals surface area contributed by atoms with Crippen LogP contribution < -0.4 is 10.6 Å². The summed E-state index contributed by atoms with van der Waals surface area (Å²) >= 11 is 0. The van der Waals surface area contributed by atoms with Gasteiger partial charge in [0.1, 0.15) is 18.2 Å². The molecule has 1 fully saturated rings.